The number of hydrogen-bond acceptors (Lipinski definition) is 2. The normalized spacial score (nSPS) is 11.2. The Morgan fingerprint density at radius 3 is 2.26 bits per heavy atom. The van der Waals surface area contributed by atoms with E-state index in [1.807, 2.05) is 6.92 Å². The highest BCUT2D eigenvalue weighted by atomic mass is 19.4. The van der Waals surface area contributed by atoms with Crippen molar-refractivity contribution < 1.29 is 22.8 Å². The van der Waals surface area contributed by atoms with Gasteiger partial charge in [-0.15, -0.1) is 0 Å². The third-order valence-electron chi connectivity index (χ3n) is 3.30. The van der Waals surface area contributed by atoms with Crippen molar-refractivity contribution in [3.05, 3.63) is 29.8 Å². The zero-order chi connectivity index (χ0) is 17.5. The summed E-state index contributed by atoms with van der Waals surface area (Å²) in [5.41, 5.74) is -0.436. The van der Waals surface area contributed by atoms with Gasteiger partial charge in [-0.2, -0.15) is 13.2 Å². The Bertz CT molecular complexity index is 527. The maximum Gasteiger partial charge on any atom is 0.416 e. The summed E-state index contributed by atoms with van der Waals surface area (Å²) in [6.07, 6.45) is -2.48. The van der Waals surface area contributed by atoms with Crippen LogP contribution in [0.5, 0.6) is 0 Å². The molecule has 0 saturated heterocycles. The zero-order valence-electron chi connectivity index (χ0n) is 13.2. The highest BCUT2D eigenvalue weighted by Gasteiger charge is 2.30. The highest BCUT2D eigenvalue weighted by Crippen LogP contribution is 2.30. The lowest BCUT2D eigenvalue weighted by Gasteiger charge is -2.21. The first-order valence-electron chi connectivity index (χ1n) is 7.47. The average Bonchev–Trinajstić information content (AvgIpc) is 2.47. The number of nitrogens with one attached hydrogen (secondary N) is 1. The summed E-state index contributed by atoms with van der Waals surface area (Å²) in [6, 6.07) is 4.32. The topological polar surface area (TPSA) is 49.4 Å². The van der Waals surface area contributed by atoms with Gasteiger partial charge in [-0.1, -0.05) is 13.3 Å². The first-order chi connectivity index (χ1) is 10.8. The lowest BCUT2D eigenvalue weighted by Crippen LogP contribution is -2.34. The van der Waals surface area contributed by atoms with Crippen molar-refractivity contribution in [2.45, 2.75) is 39.3 Å². The van der Waals surface area contributed by atoms with Crippen LogP contribution in [0.4, 0.5) is 18.9 Å². The van der Waals surface area contributed by atoms with Crippen LogP contribution in [0.25, 0.3) is 0 Å². The molecule has 0 bridgehead atoms. The number of carbonyl (C=O) groups excluding carboxylic acids is 2. The van der Waals surface area contributed by atoms with Crippen LogP contribution >= 0.6 is 0 Å². The predicted molar refractivity (Wildman–Crippen MR) is 82.0 cm³/mol. The van der Waals surface area contributed by atoms with Crippen LogP contribution in [0, 0.1) is 0 Å². The van der Waals surface area contributed by atoms with Crippen molar-refractivity contribution in [2.75, 3.05) is 18.0 Å². The minimum absolute atomic E-state index is 0.102. The second-order valence-electron chi connectivity index (χ2n) is 5.17. The van der Waals surface area contributed by atoms with Gasteiger partial charge in [0, 0.05) is 32.1 Å². The molecule has 7 heteroatoms. The van der Waals surface area contributed by atoms with Gasteiger partial charge in [0.1, 0.15) is 0 Å². The van der Waals surface area contributed by atoms with Crippen molar-refractivity contribution in [3.63, 3.8) is 0 Å². The van der Waals surface area contributed by atoms with Crippen LogP contribution in [0.2, 0.25) is 0 Å². The van der Waals surface area contributed by atoms with E-state index >= 15 is 0 Å². The largest absolute Gasteiger partial charge is 0.416 e. The molecule has 128 valence electrons. The lowest BCUT2D eigenvalue weighted by atomic mass is 10.2. The summed E-state index contributed by atoms with van der Waals surface area (Å²) in [5, 5.41) is 2.73. The Labute approximate surface area is 133 Å². The standard InChI is InChI=1S/C16H21F3N2O2/c1-3-4-10-20-15(23)9-11-21(12(2)22)14-7-5-13(6-8-14)16(17,18)19/h5-8H,3-4,9-11H2,1-2H3,(H,20,23). The van der Waals surface area contributed by atoms with E-state index in [-0.39, 0.29) is 24.8 Å². The van der Waals surface area contributed by atoms with E-state index in [1.54, 1.807) is 0 Å². The molecule has 0 atom stereocenters. The second kappa shape index (κ2) is 8.55. The second-order valence-corrected chi connectivity index (χ2v) is 5.17. The van der Waals surface area contributed by atoms with E-state index in [0.29, 0.717) is 12.2 Å². The molecule has 1 aromatic rings. The van der Waals surface area contributed by atoms with Gasteiger partial charge in [0.15, 0.2) is 0 Å². The van der Waals surface area contributed by atoms with Crippen LogP contribution in [-0.4, -0.2) is 24.9 Å². The molecule has 0 heterocycles. The third-order valence-corrected chi connectivity index (χ3v) is 3.30. The molecule has 0 spiro atoms. The molecule has 4 nitrogen and oxygen atoms in total. The summed E-state index contributed by atoms with van der Waals surface area (Å²) in [6.45, 7) is 4.02. The van der Waals surface area contributed by atoms with Crippen LogP contribution < -0.4 is 10.2 Å². The van der Waals surface area contributed by atoms with E-state index in [0.717, 1.165) is 25.0 Å². The van der Waals surface area contributed by atoms with Gasteiger partial charge in [0.05, 0.1) is 5.56 Å². The molecule has 1 rings (SSSR count). The van der Waals surface area contributed by atoms with Crippen molar-refractivity contribution in [1.29, 1.82) is 0 Å². The highest BCUT2D eigenvalue weighted by molar-refractivity contribution is 5.92. The fourth-order valence-electron chi connectivity index (χ4n) is 2.01. The first kappa shape index (κ1) is 19.0. The molecular formula is C16H21F3N2O2. The van der Waals surface area contributed by atoms with Gasteiger partial charge < -0.3 is 10.2 Å². The van der Waals surface area contributed by atoms with Crippen molar-refractivity contribution in [3.8, 4) is 0 Å². The molecule has 0 saturated carbocycles. The molecule has 1 aromatic carbocycles. The molecule has 23 heavy (non-hydrogen) atoms. The summed E-state index contributed by atoms with van der Waals surface area (Å²) in [5.74, 6) is -0.511. The number of alkyl halides is 3. The van der Waals surface area contributed by atoms with E-state index in [2.05, 4.69) is 5.32 Å². The van der Waals surface area contributed by atoms with Crippen molar-refractivity contribution in [2.24, 2.45) is 0 Å². The zero-order valence-corrected chi connectivity index (χ0v) is 13.2. The van der Waals surface area contributed by atoms with Crippen LogP contribution in [0.1, 0.15) is 38.7 Å². The Kier molecular flexibility index (Phi) is 7.06. The first-order valence-corrected chi connectivity index (χ1v) is 7.47. The monoisotopic (exact) mass is 330 g/mol. The molecule has 0 aliphatic carbocycles. The number of nitrogens with zero attached hydrogens (tertiary/aromatic N) is 1. The fraction of sp³-hybridized carbons (Fsp3) is 0.500. The predicted octanol–water partition coefficient (Wildman–Crippen LogP) is 3.36. The Balaban J connectivity index is 2.68. The van der Waals surface area contributed by atoms with Crippen molar-refractivity contribution in [1.82, 2.24) is 5.32 Å². The lowest BCUT2D eigenvalue weighted by molar-refractivity contribution is -0.137. The molecule has 0 unspecified atom stereocenters. The minimum atomic E-state index is -4.42. The number of carbonyl (C=O) groups is 2. The molecule has 0 aliphatic heterocycles. The number of rotatable bonds is 7. The average molecular weight is 330 g/mol. The van der Waals surface area contributed by atoms with E-state index in [9.17, 15) is 22.8 Å². The molecule has 0 aromatic heterocycles. The van der Waals surface area contributed by atoms with E-state index in [4.69, 9.17) is 0 Å². The van der Waals surface area contributed by atoms with Gasteiger partial charge in [-0.25, -0.2) is 0 Å². The molecule has 0 radical (unpaired) electrons. The minimum Gasteiger partial charge on any atom is -0.356 e. The van der Waals surface area contributed by atoms with Crippen LogP contribution in [0.3, 0.4) is 0 Å². The van der Waals surface area contributed by atoms with E-state index < -0.39 is 11.7 Å². The number of hydrogen-bond donors (Lipinski definition) is 1. The summed E-state index contributed by atoms with van der Waals surface area (Å²) in [7, 11) is 0. The molecule has 1 N–H and O–H groups in total. The summed E-state index contributed by atoms with van der Waals surface area (Å²) >= 11 is 0. The maximum atomic E-state index is 12.5. The van der Waals surface area contributed by atoms with Gasteiger partial charge >= 0.3 is 6.18 Å². The quantitative estimate of drug-likeness (QED) is 0.779. The number of unbranched alkanes of at least 4 members (excludes halogenated alkanes) is 1. The molecule has 0 aliphatic rings. The SMILES string of the molecule is CCCCNC(=O)CCN(C(C)=O)c1ccc(C(F)(F)F)cc1. The van der Waals surface area contributed by atoms with Gasteiger partial charge in [-0.05, 0) is 30.7 Å². The number of halogens is 3. The summed E-state index contributed by atoms with van der Waals surface area (Å²) < 4.78 is 37.6. The molecular weight excluding hydrogens is 309 g/mol. The Hall–Kier alpha value is -2.05. The summed E-state index contributed by atoms with van der Waals surface area (Å²) in [4.78, 5) is 24.6. The van der Waals surface area contributed by atoms with Gasteiger partial charge in [0.25, 0.3) is 0 Å². The maximum absolute atomic E-state index is 12.5. The number of benzene rings is 1. The van der Waals surface area contributed by atoms with Crippen LogP contribution in [0.15, 0.2) is 24.3 Å². The van der Waals surface area contributed by atoms with Crippen molar-refractivity contribution >= 4 is 17.5 Å². The van der Waals surface area contributed by atoms with Crippen LogP contribution in [-0.2, 0) is 15.8 Å². The fourth-order valence-corrected chi connectivity index (χ4v) is 2.01. The smallest absolute Gasteiger partial charge is 0.356 e. The Morgan fingerprint density at radius 1 is 1.17 bits per heavy atom. The van der Waals surface area contributed by atoms with Gasteiger partial charge in [0.2, 0.25) is 11.8 Å². The number of amides is 2. The van der Waals surface area contributed by atoms with E-state index in [1.165, 1.54) is 24.0 Å². The number of anilines is 1. The molecule has 2 amide bonds. The Morgan fingerprint density at radius 2 is 1.78 bits per heavy atom. The third kappa shape index (κ3) is 6.30. The molecule has 0 fully saturated rings. The van der Waals surface area contributed by atoms with Gasteiger partial charge in [-0.3, -0.25) is 9.59 Å².